The van der Waals surface area contributed by atoms with Crippen molar-refractivity contribution in [1.29, 1.82) is 0 Å². The highest BCUT2D eigenvalue weighted by Gasteiger charge is 2.52. The van der Waals surface area contributed by atoms with E-state index < -0.39 is 0 Å². The summed E-state index contributed by atoms with van der Waals surface area (Å²) >= 11 is 2.31. The molecule has 0 radical (unpaired) electrons. The van der Waals surface area contributed by atoms with Crippen LogP contribution in [0.15, 0.2) is 101 Å². The minimum absolute atomic E-state index is 0.240. The fourth-order valence-electron chi connectivity index (χ4n) is 5.04. The predicted molar refractivity (Wildman–Crippen MR) is 123 cm³/mol. The van der Waals surface area contributed by atoms with E-state index >= 15 is 0 Å². The van der Waals surface area contributed by atoms with Crippen molar-refractivity contribution >= 4 is 28.2 Å². The summed E-state index contributed by atoms with van der Waals surface area (Å²) in [6.45, 7) is 6.31. The van der Waals surface area contributed by atoms with Crippen molar-refractivity contribution < 1.29 is 0 Å². The van der Waals surface area contributed by atoms with Crippen molar-refractivity contribution in [3.63, 3.8) is 0 Å². The first-order valence-electron chi connectivity index (χ1n) is 9.22. The molecule has 3 aromatic rings. The van der Waals surface area contributed by atoms with Gasteiger partial charge < -0.3 is 0 Å². The van der Waals surface area contributed by atoms with Crippen LogP contribution in [0, 0.1) is 0 Å². The minimum Gasteiger partial charge on any atom is -0.0856 e. The van der Waals surface area contributed by atoms with E-state index in [1.54, 1.807) is 0 Å². The third-order valence-electron chi connectivity index (χ3n) is 5.86. The Balaban J connectivity index is 1.99. The maximum Gasteiger partial charge on any atom is 0.0722 e. The van der Waals surface area contributed by atoms with Gasteiger partial charge in [-0.1, -0.05) is 85.5 Å². The second-order valence-corrected chi connectivity index (χ2v) is 8.48. The Morgan fingerprint density at radius 3 is 1.70 bits per heavy atom. The van der Waals surface area contributed by atoms with Crippen molar-refractivity contribution in [2.24, 2.45) is 0 Å². The van der Waals surface area contributed by atoms with Crippen LogP contribution in [0.3, 0.4) is 0 Å². The Hall–Kier alpha value is -2.39. The normalized spacial score (nSPS) is 18.6. The number of hydrogen-bond acceptors (Lipinski definition) is 0. The summed E-state index contributed by atoms with van der Waals surface area (Å²) in [5, 5.41) is 0. The van der Waals surface area contributed by atoms with Crippen LogP contribution in [0.5, 0.6) is 0 Å². The van der Waals surface area contributed by atoms with Crippen LogP contribution < -0.4 is 0 Å². The Kier molecular flexibility index (Phi) is 3.76. The van der Waals surface area contributed by atoms with Crippen molar-refractivity contribution in [3.05, 3.63) is 123 Å². The van der Waals surface area contributed by atoms with Crippen LogP contribution in [0.4, 0.5) is 0 Å². The smallest absolute Gasteiger partial charge is 0.0722 e. The summed E-state index contributed by atoms with van der Waals surface area (Å²) in [4.78, 5) is 0. The molecule has 0 atom stereocenters. The highest BCUT2D eigenvalue weighted by atomic mass is 127. The number of rotatable bonds is 1. The van der Waals surface area contributed by atoms with Gasteiger partial charge in [0, 0.05) is 3.58 Å². The van der Waals surface area contributed by atoms with Crippen LogP contribution in [0.1, 0.15) is 29.2 Å². The first-order chi connectivity index (χ1) is 13.2. The van der Waals surface area contributed by atoms with Gasteiger partial charge in [-0.3, -0.25) is 0 Å². The van der Waals surface area contributed by atoms with Gasteiger partial charge in [-0.05, 0) is 80.1 Å². The molecule has 2 aliphatic carbocycles. The maximum absolute atomic E-state index is 4.15. The molecule has 1 spiro atoms. The summed E-state index contributed by atoms with van der Waals surface area (Å²) in [6, 6.07) is 26.6. The summed E-state index contributed by atoms with van der Waals surface area (Å²) in [5.74, 6) is 0. The monoisotopic (exact) mass is 458 g/mol. The van der Waals surface area contributed by atoms with Gasteiger partial charge in [-0.2, -0.15) is 0 Å². The Morgan fingerprint density at radius 1 is 0.778 bits per heavy atom. The zero-order chi connectivity index (χ0) is 18.6. The van der Waals surface area contributed by atoms with E-state index in [-0.39, 0.29) is 5.41 Å². The van der Waals surface area contributed by atoms with E-state index in [2.05, 4.69) is 121 Å². The summed E-state index contributed by atoms with van der Waals surface area (Å²) < 4.78 is 1.05. The summed E-state index contributed by atoms with van der Waals surface area (Å²) in [5.41, 5.74) is 10.6. The van der Waals surface area contributed by atoms with Crippen molar-refractivity contribution in [2.45, 2.75) is 12.3 Å². The molecular formula is C26H19I. The van der Waals surface area contributed by atoms with E-state index in [1.807, 2.05) is 0 Å². The van der Waals surface area contributed by atoms with Gasteiger partial charge in [0.15, 0.2) is 0 Å². The van der Waals surface area contributed by atoms with Crippen molar-refractivity contribution in [2.75, 3.05) is 0 Å². The largest absolute Gasteiger partial charge is 0.0856 e. The van der Waals surface area contributed by atoms with Gasteiger partial charge in [0.1, 0.15) is 0 Å². The van der Waals surface area contributed by atoms with Gasteiger partial charge in [0.2, 0.25) is 0 Å². The molecule has 3 aromatic carbocycles. The van der Waals surface area contributed by atoms with E-state index in [9.17, 15) is 0 Å². The fourth-order valence-corrected chi connectivity index (χ4v) is 5.35. The maximum atomic E-state index is 4.15. The van der Waals surface area contributed by atoms with Crippen LogP contribution >= 0.6 is 22.6 Å². The van der Waals surface area contributed by atoms with Gasteiger partial charge in [0.25, 0.3) is 0 Å². The Morgan fingerprint density at radius 2 is 1.22 bits per heavy atom. The lowest BCUT2D eigenvalue weighted by molar-refractivity contribution is 0.793. The molecule has 0 bridgehead atoms. The average molecular weight is 458 g/mol. The molecule has 0 fully saturated rings. The molecular weight excluding hydrogens is 439 g/mol. The fraction of sp³-hybridized carbons (Fsp3) is 0.0769. The van der Waals surface area contributed by atoms with Crippen LogP contribution in [0.25, 0.3) is 16.7 Å². The minimum atomic E-state index is -0.240. The number of fused-ring (bicyclic) bond motifs is 7. The summed E-state index contributed by atoms with van der Waals surface area (Å²) in [6.07, 6.45) is 4.53. The standard InChI is InChI=1S/C26H19I/c1-3-22-21(16-17(2)27)20-12-6-9-15-25(20)26(22)23-13-7-4-10-18(23)19-11-5-8-14-24(19)26/h3-16H,2H2,1H3/b21-16?,22-3+. The van der Waals surface area contributed by atoms with Crippen molar-refractivity contribution in [3.8, 4) is 11.1 Å². The highest BCUT2D eigenvalue weighted by molar-refractivity contribution is 14.1. The van der Waals surface area contributed by atoms with Gasteiger partial charge in [0.05, 0.1) is 5.41 Å². The third-order valence-corrected chi connectivity index (χ3v) is 6.17. The zero-order valence-corrected chi connectivity index (χ0v) is 17.3. The molecule has 0 amide bonds. The first-order valence-corrected chi connectivity index (χ1v) is 10.3. The zero-order valence-electron chi connectivity index (χ0n) is 15.2. The molecule has 5 rings (SSSR count). The number of allylic oxidation sites excluding steroid dienone is 5. The van der Waals surface area contributed by atoms with Gasteiger partial charge in [-0.25, -0.2) is 0 Å². The second kappa shape index (κ2) is 6.07. The molecule has 0 saturated heterocycles. The summed E-state index contributed by atoms with van der Waals surface area (Å²) in [7, 11) is 0. The Labute approximate surface area is 174 Å². The van der Waals surface area contributed by atoms with Crippen molar-refractivity contribution in [1.82, 2.24) is 0 Å². The molecule has 27 heavy (non-hydrogen) atoms. The van der Waals surface area contributed by atoms with Crippen LogP contribution in [-0.4, -0.2) is 0 Å². The number of halogens is 1. The van der Waals surface area contributed by atoms with E-state index in [4.69, 9.17) is 0 Å². The molecule has 2 aliphatic rings. The van der Waals surface area contributed by atoms with Crippen LogP contribution in [0.2, 0.25) is 0 Å². The van der Waals surface area contributed by atoms with E-state index in [0.29, 0.717) is 0 Å². The SMILES string of the molecule is C=C(I)C=C1/C(=C\C)C2(c3ccccc31)c1ccccc1-c1ccccc12. The highest BCUT2D eigenvalue weighted by Crippen LogP contribution is 2.63. The Bertz CT molecular complexity index is 1110. The first kappa shape index (κ1) is 16.8. The third kappa shape index (κ3) is 2.09. The quantitative estimate of drug-likeness (QED) is 0.336. The second-order valence-electron chi connectivity index (χ2n) is 7.09. The van der Waals surface area contributed by atoms with E-state index in [0.717, 1.165) is 3.58 Å². The molecule has 0 heterocycles. The molecule has 0 aliphatic heterocycles. The lowest BCUT2D eigenvalue weighted by atomic mass is 9.70. The number of benzene rings is 3. The molecule has 130 valence electrons. The topological polar surface area (TPSA) is 0 Å². The van der Waals surface area contributed by atoms with Gasteiger partial charge >= 0.3 is 0 Å². The van der Waals surface area contributed by atoms with Gasteiger partial charge in [-0.15, -0.1) is 0 Å². The molecule has 0 nitrogen and oxygen atoms in total. The lowest BCUT2D eigenvalue weighted by Gasteiger charge is -2.30. The average Bonchev–Trinajstić information content (AvgIpc) is 3.14. The molecule has 0 unspecified atom stereocenters. The number of hydrogen-bond donors (Lipinski definition) is 0. The molecule has 0 aromatic heterocycles. The molecule has 0 N–H and O–H groups in total. The van der Waals surface area contributed by atoms with Crippen LogP contribution in [-0.2, 0) is 5.41 Å². The molecule has 1 heteroatoms. The lowest BCUT2D eigenvalue weighted by Crippen LogP contribution is -2.25. The molecule has 0 saturated carbocycles. The van der Waals surface area contributed by atoms with E-state index in [1.165, 1.54) is 44.5 Å². The predicted octanol–water partition coefficient (Wildman–Crippen LogP) is 7.29.